The number of hydrogen-bond donors (Lipinski definition) is 2. The van der Waals surface area contributed by atoms with E-state index in [1.807, 2.05) is 12.3 Å². The Labute approximate surface area is 85.7 Å². The zero-order chi connectivity index (χ0) is 10.6. The third-order valence-electron chi connectivity index (χ3n) is 2.88. The minimum atomic E-state index is 0.137. The van der Waals surface area contributed by atoms with E-state index in [1.165, 1.54) is 0 Å². The van der Waals surface area contributed by atoms with Gasteiger partial charge in [-0.25, -0.2) is 0 Å². The van der Waals surface area contributed by atoms with Crippen LogP contribution < -0.4 is 11.3 Å². The molecule has 0 aromatic carbocycles. The van der Waals surface area contributed by atoms with E-state index < -0.39 is 0 Å². The first kappa shape index (κ1) is 11.1. The monoisotopic (exact) mass is 193 g/mol. The molecule has 3 nitrogen and oxygen atoms in total. The third kappa shape index (κ3) is 2.30. The molecule has 1 unspecified atom stereocenters. The lowest BCUT2D eigenvalue weighted by molar-refractivity contribution is 0.236. The molecule has 0 aliphatic carbocycles. The summed E-state index contributed by atoms with van der Waals surface area (Å²) >= 11 is 0. The molecule has 0 aliphatic heterocycles. The molecule has 3 heteroatoms. The van der Waals surface area contributed by atoms with Crippen molar-refractivity contribution in [2.45, 2.75) is 33.2 Å². The summed E-state index contributed by atoms with van der Waals surface area (Å²) in [5.74, 6) is 5.59. The summed E-state index contributed by atoms with van der Waals surface area (Å²) in [5, 5.41) is 0. The molecular weight excluding hydrogens is 174 g/mol. The van der Waals surface area contributed by atoms with Gasteiger partial charge >= 0.3 is 0 Å². The van der Waals surface area contributed by atoms with Gasteiger partial charge in [0.15, 0.2) is 0 Å². The van der Waals surface area contributed by atoms with Crippen molar-refractivity contribution >= 4 is 0 Å². The standard InChI is InChI=1S/C11H19N3/c1-4-11(2,3)10(14-12)9-6-5-7-13-8-9/h5-8,10,14H,4,12H2,1-3H3. The number of hydrogen-bond acceptors (Lipinski definition) is 3. The Morgan fingerprint density at radius 2 is 2.29 bits per heavy atom. The largest absolute Gasteiger partial charge is 0.271 e. The molecule has 0 saturated heterocycles. The van der Waals surface area contributed by atoms with E-state index in [2.05, 4.69) is 37.2 Å². The van der Waals surface area contributed by atoms with Crippen molar-refractivity contribution in [3.05, 3.63) is 30.1 Å². The Balaban J connectivity index is 2.93. The molecule has 14 heavy (non-hydrogen) atoms. The van der Waals surface area contributed by atoms with Gasteiger partial charge in [-0.3, -0.25) is 16.3 Å². The summed E-state index contributed by atoms with van der Waals surface area (Å²) in [7, 11) is 0. The molecule has 1 rings (SSSR count). The van der Waals surface area contributed by atoms with Gasteiger partial charge in [-0.1, -0.05) is 26.8 Å². The van der Waals surface area contributed by atoms with Crippen LogP contribution >= 0.6 is 0 Å². The molecule has 78 valence electrons. The SMILES string of the molecule is CCC(C)(C)C(NN)c1cccnc1. The summed E-state index contributed by atoms with van der Waals surface area (Å²) in [6, 6.07) is 4.14. The van der Waals surface area contributed by atoms with Gasteiger partial charge in [0, 0.05) is 12.4 Å². The number of pyridine rings is 1. The molecule has 0 fully saturated rings. The van der Waals surface area contributed by atoms with Crippen molar-refractivity contribution in [3.8, 4) is 0 Å². The minimum Gasteiger partial charge on any atom is -0.271 e. The van der Waals surface area contributed by atoms with Crippen molar-refractivity contribution in [2.24, 2.45) is 11.3 Å². The minimum absolute atomic E-state index is 0.137. The van der Waals surface area contributed by atoms with Crippen molar-refractivity contribution in [3.63, 3.8) is 0 Å². The summed E-state index contributed by atoms with van der Waals surface area (Å²) < 4.78 is 0. The maximum Gasteiger partial charge on any atom is 0.0526 e. The predicted octanol–water partition coefficient (Wildman–Crippen LogP) is 2.02. The van der Waals surface area contributed by atoms with Crippen molar-refractivity contribution in [2.75, 3.05) is 0 Å². The molecule has 0 radical (unpaired) electrons. The lowest BCUT2D eigenvalue weighted by atomic mass is 9.79. The Morgan fingerprint density at radius 1 is 1.57 bits per heavy atom. The Kier molecular flexibility index (Phi) is 3.61. The number of aromatic nitrogens is 1. The van der Waals surface area contributed by atoms with Crippen LogP contribution in [-0.2, 0) is 0 Å². The Hall–Kier alpha value is -0.930. The van der Waals surface area contributed by atoms with Crippen LogP contribution in [0.25, 0.3) is 0 Å². The average molecular weight is 193 g/mol. The Bertz CT molecular complexity index is 269. The molecular formula is C11H19N3. The fourth-order valence-electron chi connectivity index (χ4n) is 1.52. The zero-order valence-corrected chi connectivity index (χ0v) is 9.12. The summed E-state index contributed by atoms with van der Waals surface area (Å²) in [6.45, 7) is 6.57. The molecule has 1 atom stereocenters. The summed E-state index contributed by atoms with van der Waals surface area (Å²) in [5.41, 5.74) is 4.15. The van der Waals surface area contributed by atoms with Gasteiger partial charge in [-0.05, 0) is 23.5 Å². The number of hydrazine groups is 1. The van der Waals surface area contributed by atoms with Crippen LogP contribution in [0.15, 0.2) is 24.5 Å². The highest BCUT2D eigenvalue weighted by Gasteiger charge is 2.28. The van der Waals surface area contributed by atoms with E-state index in [9.17, 15) is 0 Å². The molecule has 3 N–H and O–H groups in total. The predicted molar refractivity (Wildman–Crippen MR) is 58.4 cm³/mol. The fourth-order valence-corrected chi connectivity index (χ4v) is 1.52. The van der Waals surface area contributed by atoms with Crippen molar-refractivity contribution < 1.29 is 0 Å². The van der Waals surface area contributed by atoms with Gasteiger partial charge in [0.2, 0.25) is 0 Å². The van der Waals surface area contributed by atoms with Gasteiger partial charge < -0.3 is 0 Å². The maximum absolute atomic E-state index is 5.59. The Morgan fingerprint density at radius 3 is 2.71 bits per heavy atom. The highest BCUT2D eigenvalue weighted by molar-refractivity contribution is 5.16. The normalized spacial score (nSPS) is 14.0. The van der Waals surface area contributed by atoms with Crippen molar-refractivity contribution in [1.29, 1.82) is 0 Å². The van der Waals surface area contributed by atoms with Crippen LogP contribution in [0.4, 0.5) is 0 Å². The molecule has 0 aliphatic rings. The number of nitrogens with one attached hydrogen (secondary N) is 1. The van der Waals surface area contributed by atoms with E-state index in [-0.39, 0.29) is 11.5 Å². The quantitative estimate of drug-likeness (QED) is 0.568. The van der Waals surface area contributed by atoms with E-state index in [1.54, 1.807) is 6.20 Å². The fraction of sp³-hybridized carbons (Fsp3) is 0.545. The second-order valence-corrected chi connectivity index (χ2v) is 4.23. The van der Waals surface area contributed by atoms with Gasteiger partial charge in [-0.2, -0.15) is 0 Å². The van der Waals surface area contributed by atoms with E-state index in [4.69, 9.17) is 5.84 Å². The van der Waals surface area contributed by atoms with Crippen LogP contribution in [0.2, 0.25) is 0 Å². The van der Waals surface area contributed by atoms with Gasteiger partial charge in [0.05, 0.1) is 6.04 Å². The topological polar surface area (TPSA) is 50.9 Å². The molecule has 0 amide bonds. The first-order chi connectivity index (χ1) is 6.61. The van der Waals surface area contributed by atoms with E-state index in [0.29, 0.717) is 0 Å². The second-order valence-electron chi connectivity index (χ2n) is 4.23. The van der Waals surface area contributed by atoms with Crippen LogP contribution in [0.1, 0.15) is 38.8 Å². The van der Waals surface area contributed by atoms with Crippen LogP contribution in [-0.4, -0.2) is 4.98 Å². The lowest BCUT2D eigenvalue weighted by Crippen LogP contribution is -2.38. The zero-order valence-electron chi connectivity index (χ0n) is 9.12. The maximum atomic E-state index is 5.59. The van der Waals surface area contributed by atoms with Crippen LogP contribution in [0.3, 0.4) is 0 Å². The molecule has 0 bridgehead atoms. The van der Waals surface area contributed by atoms with Gasteiger partial charge in [-0.15, -0.1) is 0 Å². The summed E-state index contributed by atoms with van der Waals surface area (Å²) in [6.07, 6.45) is 4.70. The first-order valence-corrected chi connectivity index (χ1v) is 4.98. The van der Waals surface area contributed by atoms with Crippen LogP contribution in [0.5, 0.6) is 0 Å². The summed E-state index contributed by atoms with van der Waals surface area (Å²) in [4.78, 5) is 4.11. The highest BCUT2D eigenvalue weighted by atomic mass is 15.2. The number of nitrogens with zero attached hydrogens (tertiary/aromatic N) is 1. The third-order valence-corrected chi connectivity index (χ3v) is 2.88. The smallest absolute Gasteiger partial charge is 0.0526 e. The first-order valence-electron chi connectivity index (χ1n) is 4.98. The number of rotatable bonds is 4. The molecule has 0 spiro atoms. The van der Waals surface area contributed by atoms with E-state index >= 15 is 0 Å². The highest BCUT2D eigenvalue weighted by Crippen LogP contribution is 2.34. The molecule has 1 aromatic rings. The van der Waals surface area contributed by atoms with Crippen molar-refractivity contribution in [1.82, 2.24) is 10.4 Å². The van der Waals surface area contributed by atoms with Gasteiger partial charge in [0.25, 0.3) is 0 Å². The second kappa shape index (κ2) is 4.53. The van der Waals surface area contributed by atoms with Gasteiger partial charge in [0.1, 0.15) is 0 Å². The lowest BCUT2D eigenvalue weighted by Gasteiger charge is -2.33. The molecule has 1 heterocycles. The average Bonchev–Trinajstić information content (AvgIpc) is 2.20. The molecule has 0 saturated carbocycles. The number of nitrogens with two attached hydrogens (primary N) is 1. The van der Waals surface area contributed by atoms with Crippen LogP contribution in [0, 0.1) is 5.41 Å². The van der Waals surface area contributed by atoms with E-state index in [0.717, 1.165) is 12.0 Å². The molecule has 1 aromatic heterocycles.